The van der Waals surface area contributed by atoms with Crippen molar-refractivity contribution in [1.29, 1.82) is 0 Å². The van der Waals surface area contributed by atoms with Gasteiger partial charge in [0.05, 0.1) is 25.3 Å². The molecule has 2 N–H and O–H groups in total. The fourth-order valence-electron chi connectivity index (χ4n) is 5.55. The Morgan fingerprint density at radius 3 is 1.89 bits per heavy atom. The number of pyridine rings is 1. The number of aliphatic carboxylic acids is 2. The van der Waals surface area contributed by atoms with Crippen LogP contribution in [0.2, 0.25) is 0 Å². The van der Waals surface area contributed by atoms with Gasteiger partial charge in [-0.3, -0.25) is 34.2 Å². The summed E-state index contributed by atoms with van der Waals surface area (Å²) in [5.41, 5.74) is 14.1. The molecule has 12 heteroatoms. The van der Waals surface area contributed by atoms with Crippen molar-refractivity contribution in [2.45, 2.75) is 19.6 Å². The number of terminal acetylenes is 1. The zero-order chi connectivity index (χ0) is 32.7. The van der Waals surface area contributed by atoms with Crippen molar-refractivity contribution < 1.29 is 19.8 Å². The Labute approximate surface area is 269 Å². The van der Waals surface area contributed by atoms with Gasteiger partial charge in [0.25, 0.3) is 0 Å². The first kappa shape index (κ1) is 34.1. The lowest BCUT2D eigenvalue weighted by Gasteiger charge is -2.33. The highest BCUT2D eigenvalue weighted by Gasteiger charge is 2.20. The number of azide groups is 1. The van der Waals surface area contributed by atoms with E-state index in [0.717, 1.165) is 27.9 Å². The lowest BCUT2D eigenvalue weighted by molar-refractivity contribution is -0.139. The quantitative estimate of drug-likeness (QED) is 0.141. The third-order valence-electron chi connectivity index (χ3n) is 7.87. The van der Waals surface area contributed by atoms with E-state index in [2.05, 4.69) is 25.7 Å². The molecule has 240 valence electrons. The molecule has 46 heavy (non-hydrogen) atoms. The summed E-state index contributed by atoms with van der Waals surface area (Å²) in [5.74, 6) is 0.890. The average molecular weight is 625 g/mol. The molecule has 0 unspecified atom stereocenters. The fraction of sp³-hybridized carbons (Fsp3) is 0.382. The van der Waals surface area contributed by atoms with Gasteiger partial charge in [-0.25, -0.2) is 0 Å². The van der Waals surface area contributed by atoms with Gasteiger partial charge in [0.15, 0.2) is 0 Å². The van der Waals surface area contributed by atoms with E-state index in [9.17, 15) is 19.8 Å². The molecule has 1 aliphatic rings. The van der Waals surface area contributed by atoms with Crippen LogP contribution in [0.4, 0.5) is 0 Å². The van der Waals surface area contributed by atoms with Gasteiger partial charge in [-0.15, -0.1) is 6.42 Å². The Morgan fingerprint density at radius 2 is 1.33 bits per heavy atom. The molecule has 1 saturated heterocycles. The van der Waals surface area contributed by atoms with Crippen molar-refractivity contribution in [1.82, 2.24) is 24.6 Å². The number of rotatable bonds is 11. The third-order valence-corrected chi connectivity index (χ3v) is 7.87. The van der Waals surface area contributed by atoms with E-state index in [1.54, 1.807) is 0 Å². The van der Waals surface area contributed by atoms with Gasteiger partial charge in [0.1, 0.15) is 0 Å². The summed E-state index contributed by atoms with van der Waals surface area (Å²) in [6.45, 7) is 5.44. The topological polar surface area (TPSA) is 149 Å². The molecule has 0 saturated carbocycles. The monoisotopic (exact) mass is 624 g/mol. The summed E-state index contributed by atoms with van der Waals surface area (Å²) in [4.78, 5) is 39.6. The summed E-state index contributed by atoms with van der Waals surface area (Å²) >= 11 is 0. The van der Waals surface area contributed by atoms with Gasteiger partial charge in [-0.1, -0.05) is 53.5 Å². The minimum atomic E-state index is -0.889. The third kappa shape index (κ3) is 11.3. The predicted molar refractivity (Wildman–Crippen MR) is 176 cm³/mol. The number of aromatic nitrogens is 1. The maximum Gasteiger partial charge on any atom is 0.317 e. The summed E-state index contributed by atoms with van der Waals surface area (Å²) in [6, 6.07) is 21.6. The van der Waals surface area contributed by atoms with Crippen molar-refractivity contribution in [2.75, 3.05) is 65.4 Å². The molecule has 0 amide bonds. The van der Waals surface area contributed by atoms with Gasteiger partial charge >= 0.3 is 11.9 Å². The molecule has 2 heterocycles. The molecule has 0 spiro atoms. The first-order chi connectivity index (χ1) is 22.3. The number of hydrogen-bond donors (Lipinski definition) is 2. The number of benzene rings is 2. The molecule has 12 nitrogen and oxygen atoms in total. The first-order valence-electron chi connectivity index (χ1n) is 15.3. The fourth-order valence-corrected chi connectivity index (χ4v) is 5.55. The smallest absolute Gasteiger partial charge is 0.317 e. The minimum absolute atomic E-state index is 0.0859. The second-order valence-corrected chi connectivity index (χ2v) is 11.3. The number of nitrogens with zero attached hydrogens (tertiary/aromatic N) is 8. The Morgan fingerprint density at radius 1 is 0.761 bits per heavy atom. The van der Waals surface area contributed by atoms with Gasteiger partial charge in [-0.2, -0.15) is 0 Å². The van der Waals surface area contributed by atoms with E-state index < -0.39 is 11.9 Å². The van der Waals surface area contributed by atoms with Gasteiger partial charge in [0, 0.05) is 81.6 Å². The molecule has 0 atom stereocenters. The Hall–Kier alpha value is -4.76. The van der Waals surface area contributed by atoms with Crippen LogP contribution in [0.25, 0.3) is 21.6 Å². The van der Waals surface area contributed by atoms with Crippen LogP contribution in [0.5, 0.6) is 0 Å². The van der Waals surface area contributed by atoms with Gasteiger partial charge in [-0.05, 0) is 46.5 Å². The Kier molecular flexibility index (Phi) is 13.1. The van der Waals surface area contributed by atoms with Crippen LogP contribution in [-0.2, 0) is 29.2 Å². The molecule has 1 fully saturated rings. The molecule has 0 radical (unpaired) electrons. The highest BCUT2D eigenvalue weighted by molar-refractivity contribution is 5.69. The minimum Gasteiger partial charge on any atom is -0.480 e. The molecule has 2 aromatic carbocycles. The Balaban J connectivity index is 1.57. The van der Waals surface area contributed by atoms with Crippen LogP contribution in [0.15, 0.2) is 71.8 Å². The van der Waals surface area contributed by atoms with Crippen LogP contribution in [-0.4, -0.2) is 112 Å². The summed E-state index contributed by atoms with van der Waals surface area (Å²) < 4.78 is 0. The summed E-state index contributed by atoms with van der Waals surface area (Å²) in [5, 5.41) is 23.1. The molecular weight excluding hydrogens is 584 g/mol. The van der Waals surface area contributed by atoms with Crippen molar-refractivity contribution in [3.63, 3.8) is 0 Å². The Bertz CT molecular complexity index is 1520. The standard InChI is InChI=1S/C34H40N8O4/c1-2-27-7-6-8-28(19-27)23-39-11-15-41(25-33(43)44)17-13-40(14-18-42(16-12-39)26-34(45)46)24-32-21-30(29-9-4-3-5-10-29)20-31(37-32)22-36-38-35/h1,3-10,19-21H,11-18,22-26H2,(H,43,44)(H,45,46). The second kappa shape index (κ2) is 17.7. The number of hydrogen-bond acceptors (Lipinski definition) is 8. The zero-order valence-corrected chi connectivity index (χ0v) is 25.9. The normalized spacial score (nSPS) is 16.0. The van der Waals surface area contributed by atoms with Crippen LogP contribution in [0.1, 0.15) is 22.5 Å². The molecule has 1 aliphatic heterocycles. The molecule has 0 aliphatic carbocycles. The highest BCUT2D eigenvalue weighted by atomic mass is 16.4. The number of carbonyl (C=O) groups is 2. The predicted octanol–water partition coefficient (Wildman–Crippen LogP) is 3.63. The van der Waals surface area contributed by atoms with Gasteiger partial charge in [0.2, 0.25) is 0 Å². The molecule has 4 rings (SSSR count). The van der Waals surface area contributed by atoms with E-state index in [0.29, 0.717) is 71.1 Å². The SMILES string of the molecule is C#Cc1cccc(CN2CCN(CC(=O)O)CCN(Cc3cc(-c4ccccc4)cc(CN=[N+]=[N-])n3)CCN(CC(=O)O)CC2)c1. The molecule has 0 bridgehead atoms. The highest BCUT2D eigenvalue weighted by Crippen LogP contribution is 2.22. The first-order valence-corrected chi connectivity index (χ1v) is 15.3. The second-order valence-electron chi connectivity index (χ2n) is 11.3. The lowest BCUT2D eigenvalue weighted by Crippen LogP contribution is -2.47. The molecule has 1 aromatic heterocycles. The largest absolute Gasteiger partial charge is 0.480 e. The number of carboxylic acids is 2. The van der Waals surface area contributed by atoms with E-state index >= 15 is 0 Å². The van der Waals surface area contributed by atoms with Gasteiger partial charge < -0.3 is 10.2 Å². The maximum atomic E-state index is 11.8. The van der Waals surface area contributed by atoms with Crippen molar-refractivity contribution >= 4 is 11.9 Å². The van der Waals surface area contributed by atoms with E-state index in [4.69, 9.17) is 16.9 Å². The van der Waals surface area contributed by atoms with Crippen LogP contribution in [0, 0.1) is 12.3 Å². The van der Waals surface area contributed by atoms with E-state index in [1.165, 1.54) is 0 Å². The molecular formula is C34H40N8O4. The van der Waals surface area contributed by atoms with Crippen LogP contribution < -0.4 is 0 Å². The van der Waals surface area contributed by atoms with Crippen molar-refractivity contribution in [3.8, 4) is 23.5 Å². The maximum absolute atomic E-state index is 11.8. The van der Waals surface area contributed by atoms with Crippen molar-refractivity contribution in [3.05, 3.63) is 99.7 Å². The van der Waals surface area contributed by atoms with E-state index in [-0.39, 0.29) is 19.6 Å². The zero-order valence-electron chi connectivity index (χ0n) is 25.9. The summed E-state index contributed by atoms with van der Waals surface area (Å²) in [6.07, 6.45) is 5.60. The number of carboxylic acid groups (broad SMARTS) is 2. The van der Waals surface area contributed by atoms with Crippen LogP contribution in [0.3, 0.4) is 0 Å². The van der Waals surface area contributed by atoms with Crippen molar-refractivity contribution in [2.24, 2.45) is 5.11 Å². The van der Waals surface area contributed by atoms with E-state index in [1.807, 2.05) is 76.5 Å². The molecule has 3 aromatic rings. The lowest BCUT2D eigenvalue weighted by atomic mass is 10.0. The average Bonchev–Trinajstić information content (AvgIpc) is 3.05. The van der Waals surface area contributed by atoms with Crippen LogP contribution >= 0.6 is 0 Å². The summed E-state index contributed by atoms with van der Waals surface area (Å²) in [7, 11) is 0.